The molecule has 0 saturated carbocycles. The van der Waals surface area contributed by atoms with Crippen LogP contribution in [-0.4, -0.2) is 41.5 Å². The van der Waals surface area contributed by atoms with Gasteiger partial charge in [-0.05, 0) is 37.5 Å². The Labute approximate surface area is 203 Å². The van der Waals surface area contributed by atoms with Crippen LogP contribution in [0.5, 0.6) is 0 Å². The molecule has 0 radical (unpaired) electrons. The van der Waals surface area contributed by atoms with Crippen LogP contribution in [0.3, 0.4) is 0 Å². The lowest BCUT2D eigenvalue weighted by Crippen LogP contribution is -2.35. The third-order valence-electron chi connectivity index (χ3n) is 5.51. The van der Waals surface area contributed by atoms with Crippen LogP contribution in [0.1, 0.15) is 40.7 Å². The van der Waals surface area contributed by atoms with Crippen molar-refractivity contribution in [2.24, 2.45) is 0 Å². The summed E-state index contributed by atoms with van der Waals surface area (Å²) in [5.74, 6) is -0.230. The number of piperidine rings is 1. The molecule has 1 fully saturated rings. The number of aromatic nitrogens is 2. The van der Waals surface area contributed by atoms with Gasteiger partial charge in [-0.1, -0.05) is 59.5 Å². The quantitative estimate of drug-likeness (QED) is 0.511. The fraction of sp³-hybridized carbons (Fsp3) is 0.304. The van der Waals surface area contributed by atoms with Crippen molar-refractivity contribution in [1.29, 1.82) is 0 Å². The van der Waals surface area contributed by atoms with Crippen molar-refractivity contribution in [2.75, 3.05) is 18.4 Å². The molecule has 1 N–H and O–H groups in total. The largest absolute Gasteiger partial charge is 0.305 e. The van der Waals surface area contributed by atoms with Crippen molar-refractivity contribution in [3.63, 3.8) is 0 Å². The molecule has 10 heteroatoms. The zero-order chi connectivity index (χ0) is 23.6. The van der Waals surface area contributed by atoms with Gasteiger partial charge in [0.1, 0.15) is 4.90 Å². The van der Waals surface area contributed by atoms with Crippen LogP contribution < -0.4 is 5.32 Å². The molecule has 0 atom stereocenters. The van der Waals surface area contributed by atoms with Gasteiger partial charge in [-0.3, -0.25) is 9.48 Å². The topological polar surface area (TPSA) is 84.3 Å². The second-order valence-electron chi connectivity index (χ2n) is 8.07. The Morgan fingerprint density at radius 1 is 1.06 bits per heavy atom. The third-order valence-corrected chi connectivity index (χ3v) is 8.18. The normalized spacial score (nSPS) is 14.9. The number of anilines is 1. The highest BCUT2D eigenvalue weighted by Crippen LogP contribution is 2.32. The molecule has 1 amide bonds. The van der Waals surface area contributed by atoms with Gasteiger partial charge >= 0.3 is 0 Å². The third kappa shape index (κ3) is 5.41. The Hall–Kier alpha value is -2.39. The first-order chi connectivity index (χ1) is 15.7. The van der Waals surface area contributed by atoms with Crippen LogP contribution in [0.2, 0.25) is 10.0 Å². The molecule has 7 nitrogen and oxygen atoms in total. The first-order valence-electron chi connectivity index (χ1n) is 10.6. The van der Waals surface area contributed by atoms with Gasteiger partial charge in [0.15, 0.2) is 5.82 Å². The lowest BCUT2D eigenvalue weighted by molar-refractivity contribution is 0.102. The summed E-state index contributed by atoms with van der Waals surface area (Å²) in [6, 6.07) is 12.3. The zero-order valence-corrected chi connectivity index (χ0v) is 20.4. The van der Waals surface area contributed by atoms with Gasteiger partial charge in [0.2, 0.25) is 10.0 Å². The molecule has 0 aliphatic carbocycles. The highest BCUT2D eigenvalue weighted by molar-refractivity contribution is 7.89. The lowest BCUT2D eigenvalue weighted by atomic mass is 10.1. The number of carbonyl (C=O) groups is 1. The minimum absolute atomic E-state index is 0.00967. The summed E-state index contributed by atoms with van der Waals surface area (Å²) in [7, 11) is -3.83. The standard InChI is InChI=1S/C23H24Cl2N4O3S/c1-16-6-5-7-17(12-16)15-28-11-8-22(27-28)26-23(30)18-13-21(20(25)14-19(18)24)33(31,32)29-9-3-2-4-10-29/h5-8,11-14H,2-4,9-10,15H2,1H3,(H,26,27,30). The van der Waals surface area contributed by atoms with Gasteiger partial charge in [0, 0.05) is 25.4 Å². The van der Waals surface area contributed by atoms with Gasteiger partial charge in [0.05, 0.1) is 22.2 Å². The lowest BCUT2D eigenvalue weighted by Gasteiger charge is -2.26. The summed E-state index contributed by atoms with van der Waals surface area (Å²) in [6.45, 7) is 3.44. The number of rotatable bonds is 6. The number of nitrogens with zero attached hydrogens (tertiary/aromatic N) is 3. The SMILES string of the molecule is Cc1cccc(Cn2ccc(NC(=O)c3cc(S(=O)(=O)N4CCCCC4)c(Cl)cc3Cl)n2)c1. The maximum atomic E-state index is 13.1. The summed E-state index contributed by atoms with van der Waals surface area (Å²) in [6.07, 6.45) is 4.34. The number of benzene rings is 2. The van der Waals surface area contributed by atoms with Crippen LogP contribution in [0, 0.1) is 6.92 Å². The highest BCUT2D eigenvalue weighted by atomic mass is 35.5. The van der Waals surface area contributed by atoms with Crippen molar-refractivity contribution >= 4 is 45.0 Å². The van der Waals surface area contributed by atoms with E-state index in [0.29, 0.717) is 25.5 Å². The molecule has 1 aliphatic rings. The van der Waals surface area contributed by atoms with Crippen molar-refractivity contribution in [1.82, 2.24) is 14.1 Å². The van der Waals surface area contributed by atoms with E-state index in [9.17, 15) is 13.2 Å². The monoisotopic (exact) mass is 506 g/mol. The van der Waals surface area contributed by atoms with E-state index in [1.807, 2.05) is 25.1 Å². The van der Waals surface area contributed by atoms with Crippen LogP contribution in [0.25, 0.3) is 0 Å². The van der Waals surface area contributed by atoms with Crippen LogP contribution in [0.4, 0.5) is 5.82 Å². The van der Waals surface area contributed by atoms with Crippen LogP contribution in [-0.2, 0) is 16.6 Å². The first-order valence-corrected chi connectivity index (χ1v) is 12.8. The molecule has 1 saturated heterocycles. The minimum Gasteiger partial charge on any atom is -0.305 e. The zero-order valence-electron chi connectivity index (χ0n) is 18.1. The van der Waals surface area contributed by atoms with Crippen molar-refractivity contribution in [3.05, 3.63) is 75.4 Å². The summed E-state index contributed by atoms with van der Waals surface area (Å²) in [5, 5.41) is 7.12. The Morgan fingerprint density at radius 3 is 2.55 bits per heavy atom. The summed E-state index contributed by atoms with van der Waals surface area (Å²) < 4.78 is 29.3. The maximum Gasteiger partial charge on any atom is 0.258 e. The summed E-state index contributed by atoms with van der Waals surface area (Å²) >= 11 is 12.5. The molecule has 0 spiro atoms. The van der Waals surface area contributed by atoms with Crippen molar-refractivity contribution in [2.45, 2.75) is 37.6 Å². The summed E-state index contributed by atoms with van der Waals surface area (Å²) in [4.78, 5) is 12.8. The van der Waals surface area contributed by atoms with E-state index in [2.05, 4.69) is 16.5 Å². The Morgan fingerprint density at radius 2 is 1.82 bits per heavy atom. The second kappa shape index (κ2) is 9.85. The molecule has 4 rings (SSSR count). The average Bonchev–Trinajstić information content (AvgIpc) is 3.20. The van der Waals surface area contributed by atoms with Gasteiger partial charge in [-0.25, -0.2) is 8.42 Å². The molecule has 174 valence electrons. The Balaban J connectivity index is 1.54. The second-order valence-corrected chi connectivity index (χ2v) is 10.8. The molecule has 0 unspecified atom stereocenters. The van der Waals surface area contributed by atoms with Gasteiger partial charge < -0.3 is 5.32 Å². The number of hydrogen-bond acceptors (Lipinski definition) is 4. The number of hydrogen-bond donors (Lipinski definition) is 1. The van der Waals surface area contributed by atoms with E-state index in [-0.39, 0.29) is 20.5 Å². The molecular weight excluding hydrogens is 483 g/mol. The van der Waals surface area contributed by atoms with Gasteiger partial charge in [-0.15, -0.1) is 0 Å². The van der Waals surface area contributed by atoms with Gasteiger partial charge in [0.25, 0.3) is 5.91 Å². The van der Waals surface area contributed by atoms with E-state index in [0.717, 1.165) is 30.4 Å². The molecule has 1 aliphatic heterocycles. The number of halogens is 2. The predicted molar refractivity (Wildman–Crippen MR) is 130 cm³/mol. The molecule has 0 bridgehead atoms. The number of amides is 1. The predicted octanol–water partition coefficient (Wildman–Crippen LogP) is 4.97. The molecule has 3 aromatic rings. The molecule has 2 aromatic carbocycles. The van der Waals surface area contributed by atoms with E-state index in [1.54, 1.807) is 16.9 Å². The van der Waals surface area contributed by atoms with Crippen molar-refractivity contribution < 1.29 is 13.2 Å². The fourth-order valence-corrected chi connectivity index (χ4v) is 6.19. The van der Waals surface area contributed by atoms with E-state index in [4.69, 9.17) is 23.2 Å². The van der Waals surface area contributed by atoms with E-state index < -0.39 is 15.9 Å². The number of carbonyl (C=O) groups excluding carboxylic acids is 1. The minimum atomic E-state index is -3.83. The molecule has 33 heavy (non-hydrogen) atoms. The number of nitrogens with one attached hydrogen (secondary N) is 1. The highest BCUT2D eigenvalue weighted by Gasteiger charge is 2.30. The Bertz CT molecular complexity index is 1280. The Kier molecular flexibility index (Phi) is 7.09. The van der Waals surface area contributed by atoms with Crippen LogP contribution >= 0.6 is 23.2 Å². The first kappa shape index (κ1) is 23.8. The smallest absolute Gasteiger partial charge is 0.258 e. The molecule has 2 heterocycles. The molecular formula is C23H24Cl2N4O3S. The van der Waals surface area contributed by atoms with E-state index >= 15 is 0 Å². The average molecular weight is 507 g/mol. The maximum absolute atomic E-state index is 13.1. The number of sulfonamides is 1. The summed E-state index contributed by atoms with van der Waals surface area (Å²) in [5.41, 5.74) is 2.26. The van der Waals surface area contributed by atoms with Gasteiger partial charge in [-0.2, -0.15) is 9.40 Å². The number of aryl methyl sites for hydroxylation is 1. The van der Waals surface area contributed by atoms with Crippen LogP contribution in [0.15, 0.2) is 53.6 Å². The fourth-order valence-electron chi connectivity index (χ4n) is 3.84. The molecule has 1 aromatic heterocycles. The van der Waals surface area contributed by atoms with E-state index in [1.165, 1.54) is 16.4 Å². The van der Waals surface area contributed by atoms with Crippen molar-refractivity contribution in [3.8, 4) is 0 Å².